The smallest absolute Gasteiger partial charge is 0.211 e. The number of hydrogen-bond acceptors (Lipinski definition) is 4. The van der Waals surface area contributed by atoms with E-state index in [1.54, 1.807) is 0 Å². The van der Waals surface area contributed by atoms with Crippen LogP contribution in [0.3, 0.4) is 0 Å². The first-order chi connectivity index (χ1) is 9.11. The summed E-state index contributed by atoms with van der Waals surface area (Å²) in [5.41, 5.74) is 0. The molecule has 0 radical (unpaired) electrons. The molecular formula is C13H19NO4S. The molecule has 0 bridgehead atoms. The third kappa shape index (κ3) is 4.11. The summed E-state index contributed by atoms with van der Waals surface area (Å²) in [5, 5.41) is 0. The van der Waals surface area contributed by atoms with Gasteiger partial charge in [0, 0.05) is 0 Å². The Morgan fingerprint density at radius 3 is 2.79 bits per heavy atom. The van der Waals surface area contributed by atoms with Crippen LogP contribution in [-0.4, -0.2) is 33.4 Å². The minimum Gasteiger partial charge on any atom is -0.486 e. The Bertz CT molecular complexity index is 515. The Hall–Kier alpha value is -1.27. The lowest BCUT2D eigenvalue weighted by molar-refractivity contribution is 0.0943. The molecular weight excluding hydrogens is 266 g/mol. The van der Waals surface area contributed by atoms with Crippen molar-refractivity contribution in [2.75, 3.05) is 18.9 Å². The molecule has 19 heavy (non-hydrogen) atoms. The second kappa shape index (κ2) is 6.25. The fraction of sp³-hybridized carbons (Fsp3) is 0.538. The maximum atomic E-state index is 11.7. The van der Waals surface area contributed by atoms with Gasteiger partial charge in [0.1, 0.15) is 12.7 Å². The third-order valence-corrected chi connectivity index (χ3v) is 4.30. The summed E-state index contributed by atoms with van der Waals surface area (Å²) < 4.78 is 37.1. The highest BCUT2D eigenvalue weighted by molar-refractivity contribution is 7.89. The summed E-state index contributed by atoms with van der Waals surface area (Å²) in [4.78, 5) is 0. The van der Waals surface area contributed by atoms with E-state index in [2.05, 4.69) is 4.72 Å². The molecule has 1 aromatic carbocycles. The van der Waals surface area contributed by atoms with Crippen molar-refractivity contribution in [2.24, 2.45) is 0 Å². The highest BCUT2D eigenvalue weighted by atomic mass is 32.2. The van der Waals surface area contributed by atoms with Crippen molar-refractivity contribution in [1.29, 1.82) is 0 Å². The first-order valence-corrected chi connectivity index (χ1v) is 8.12. The van der Waals surface area contributed by atoms with E-state index in [9.17, 15) is 8.42 Å². The van der Waals surface area contributed by atoms with Gasteiger partial charge in [-0.3, -0.25) is 0 Å². The molecule has 1 N–H and O–H groups in total. The van der Waals surface area contributed by atoms with Crippen molar-refractivity contribution in [1.82, 2.24) is 4.72 Å². The molecule has 0 fully saturated rings. The minimum absolute atomic E-state index is 0.160. The van der Waals surface area contributed by atoms with E-state index in [1.807, 2.05) is 31.2 Å². The Balaban J connectivity index is 1.86. The van der Waals surface area contributed by atoms with E-state index in [-0.39, 0.29) is 18.4 Å². The Morgan fingerprint density at radius 1 is 1.32 bits per heavy atom. The zero-order valence-corrected chi connectivity index (χ0v) is 11.8. The van der Waals surface area contributed by atoms with Crippen molar-refractivity contribution in [3.63, 3.8) is 0 Å². The lowest BCUT2D eigenvalue weighted by Crippen LogP contribution is -2.41. The molecule has 1 atom stereocenters. The number of rotatable bonds is 6. The molecule has 5 nitrogen and oxygen atoms in total. The summed E-state index contributed by atoms with van der Waals surface area (Å²) in [5.74, 6) is 1.52. The number of nitrogens with one attached hydrogen (secondary N) is 1. The molecule has 0 aromatic heterocycles. The predicted octanol–water partition coefficient (Wildman–Crippen LogP) is 1.55. The van der Waals surface area contributed by atoms with Crippen molar-refractivity contribution in [3.8, 4) is 11.5 Å². The monoisotopic (exact) mass is 285 g/mol. The summed E-state index contributed by atoms with van der Waals surface area (Å²) in [6.07, 6.45) is 1.24. The molecule has 1 aliphatic heterocycles. The van der Waals surface area contributed by atoms with Gasteiger partial charge in [0.05, 0.1) is 12.3 Å². The van der Waals surface area contributed by atoms with Crippen LogP contribution in [0.25, 0.3) is 0 Å². The van der Waals surface area contributed by atoms with Crippen LogP contribution < -0.4 is 14.2 Å². The van der Waals surface area contributed by atoms with Gasteiger partial charge in [-0.15, -0.1) is 0 Å². The molecule has 106 valence electrons. The Morgan fingerprint density at radius 2 is 2.05 bits per heavy atom. The Kier molecular flexibility index (Phi) is 4.66. The van der Waals surface area contributed by atoms with Gasteiger partial charge in [-0.1, -0.05) is 25.5 Å². The molecule has 1 heterocycles. The molecule has 1 aliphatic rings. The topological polar surface area (TPSA) is 64.6 Å². The molecule has 0 amide bonds. The maximum absolute atomic E-state index is 11.7. The first-order valence-electron chi connectivity index (χ1n) is 6.46. The maximum Gasteiger partial charge on any atom is 0.211 e. The summed E-state index contributed by atoms with van der Waals surface area (Å²) >= 11 is 0. The molecule has 1 aromatic rings. The minimum atomic E-state index is -3.21. The van der Waals surface area contributed by atoms with Crippen molar-refractivity contribution in [3.05, 3.63) is 24.3 Å². The van der Waals surface area contributed by atoms with Crippen LogP contribution in [0, 0.1) is 0 Å². The van der Waals surface area contributed by atoms with Crippen molar-refractivity contribution < 1.29 is 17.9 Å². The number of hydrogen-bond donors (Lipinski definition) is 1. The van der Waals surface area contributed by atoms with Crippen LogP contribution in [-0.2, 0) is 10.0 Å². The lowest BCUT2D eigenvalue weighted by Gasteiger charge is -2.26. The van der Waals surface area contributed by atoms with Crippen LogP contribution in [0.1, 0.15) is 19.8 Å². The molecule has 0 saturated heterocycles. The second-order valence-corrected chi connectivity index (χ2v) is 6.44. The highest BCUT2D eigenvalue weighted by Crippen LogP contribution is 2.30. The lowest BCUT2D eigenvalue weighted by atomic mass is 10.2. The van der Waals surface area contributed by atoms with Gasteiger partial charge in [-0.05, 0) is 18.6 Å². The highest BCUT2D eigenvalue weighted by Gasteiger charge is 2.22. The van der Waals surface area contributed by atoms with Gasteiger partial charge in [-0.2, -0.15) is 0 Å². The fourth-order valence-electron chi connectivity index (χ4n) is 1.79. The van der Waals surface area contributed by atoms with E-state index >= 15 is 0 Å². The number of ether oxygens (including phenoxy) is 2. The molecule has 6 heteroatoms. The van der Waals surface area contributed by atoms with Crippen LogP contribution in [0.15, 0.2) is 24.3 Å². The molecule has 0 spiro atoms. The quantitative estimate of drug-likeness (QED) is 0.861. The first kappa shape index (κ1) is 14.1. The van der Waals surface area contributed by atoms with E-state index in [0.29, 0.717) is 24.5 Å². The number of sulfonamides is 1. The summed E-state index contributed by atoms with van der Waals surface area (Å²) in [6.45, 7) is 2.55. The average molecular weight is 285 g/mol. The zero-order valence-electron chi connectivity index (χ0n) is 11.0. The zero-order chi connectivity index (χ0) is 13.7. The van der Waals surface area contributed by atoms with Crippen molar-refractivity contribution >= 4 is 10.0 Å². The average Bonchev–Trinajstić information content (AvgIpc) is 2.43. The number of fused-ring (bicyclic) bond motifs is 1. The van der Waals surface area contributed by atoms with Crippen LogP contribution in [0.5, 0.6) is 11.5 Å². The van der Waals surface area contributed by atoms with E-state index in [0.717, 1.165) is 6.42 Å². The second-order valence-electron chi connectivity index (χ2n) is 4.52. The van der Waals surface area contributed by atoms with E-state index in [1.165, 1.54) is 0 Å². The SMILES string of the molecule is CCCCS(=O)(=O)NC[C@@H]1COc2ccccc2O1. The number of para-hydroxylation sites is 2. The Labute approximate surface area is 114 Å². The van der Waals surface area contributed by atoms with Crippen LogP contribution in [0.4, 0.5) is 0 Å². The number of benzene rings is 1. The van der Waals surface area contributed by atoms with Gasteiger partial charge >= 0.3 is 0 Å². The van der Waals surface area contributed by atoms with Crippen LogP contribution in [0.2, 0.25) is 0 Å². The number of unbranched alkanes of at least 4 members (excludes halogenated alkanes) is 1. The predicted molar refractivity (Wildman–Crippen MR) is 73.1 cm³/mol. The fourth-order valence-corrected chi connectivity index (χ4v) is 3.04. The van der Waals surface area contributed by atoms with Crippen LogP contribution >= 0.6 is 0 Å². The van der Waals surface area contributed by atoms with E-state index < -0.39 is 10.0 Å². The largest absolute Gasteiger partial charge is 0.486 e. The summed E-state index contributed by atoms with van der Waals surface area (Å²) in [6, 6.07) is 7.37. The third-order valence-electron chi connectivity index (χ3n) is 2.87. The van der Waals surface area contributed by atoms with Gasteiger partial charge in [-0.25, -0.2) is 13.1 Å². The van der Waals surface area contributed by atoms with Gasteiger partial charge in [0.15, 0.2) is 11.5 Å². The molecule has 2 rings (SSSR count). The van der Waals surface area contributed by atoms with Crippen molar-refractivity contribution in [2.45, 2.75) is 25.9 Å². The molecule has 0 saturated carbocycles. The van der Waals surface area contributed by atoms with Gasteiger partial charge in [0.25, 0.3) is 0 Å². The summed E-state index contributed by atoms with van der Waals surface area (Å²) in [7, 11) is -3.21. The molecule has 0 unspecified atom stereocenters. The van der Waals surface area contributed by atoms with Gasteiger partial charge < -0.3 is 9.47 Å². The molecule has 0 aliphatic carbocycles. The standard InChI is InChI=1S/C13H19NO4S/c1-2-3-8-19(15,16)14-9-11-10-17-12-6-4-5-7-13(12)18-11/h4-7,11,14H,2-3,8-10H2,1H3/t11-/m1/s1. The van der Waals surface area contributed by atoms with Gasteiger partial charge in [0.2, 0.25) is 10.0 Å². The van der Waals surface area contributed by atoms with E-state index in [4.69, 9.17) is 9.47 Å². The normalized spacial score (nSPS) is 18.3.